The van der Waals surface area contributed by atoms with Gasteiger partial charge in [0, 0.05) is 0 Å². The van der Waals surface area contributed by atoms with Crippen molar-refractivity contribution in [2.45, 2.75) is 145 Å². The van der Waals surface area contributed by atoms with Gasteiger partial charge in [-0.15, -0.1) is 0 Å². The molecule has 0 aliphatic heterocycles. The molecule has 0 aliphatic carbocycles. The van der Waals surface area contributed by atoms with Crippen molar-refractivity contribution in [2.24, 2.45) is 0 Å². The minimum atomic E-state index is -2.38. The van der Waals surface area contributed by atoms with E-state index in [4.69, 9.17) is 13.2 Å². The molecule has 0 atom stereocenters. The van der Waals surface area contributed by atoms with Gasteiger partial charge in [0.25, 0.3) is 0 Å². The summed E-state index contributed by atoms with van der Waals surface area (Å²) in [6, 6.07) is 0. The molecule has 0 heterocycles. The Hall–Kier alpha value is 1.43. The summed E-state index contributed by atoms with van der Waals surface area (Å²) in [5.74, 6) is 0. The van der Waals surface area contributed by atoms with E-state index in [-0.39, 0.29) is 0 Å². The van der Waals surface area contributed by atoms with E-state index in [1.807, 2.05) is 0 Å². The van der Waals surface area contributed by atoms with Crippen molar-refractivity contribution in [2.75, 3.05) is 0 Å². The van der Waals surface area contributed by atoms with Gasteiger partial charge in [-0.05, 0) is 0 Å². The van der Waals surface area contributed by atoms with Gasteiger partial charge < -0.3 is 0 Å². The molecule has 184 valence electrons. The zero-order chi connectivity index (χ0) is 23.6. The molecule has 0 saturated carbocycles. The Bertz CT molecular complexity index is 386. The summed E-state index contributed by atoms with van der Waals surface area (Å²) in [7, 11) is 0. The van der Waals surface area contributed by atoms with E-state index in [0.29, 0.717) is 0 Å². The Kier molecular flexibility index (Phi) is 20.6. The van der Waals surface area contributed by atoms with Crippen LogP contribution in [0.1, 0.15) is 119 Å². The van der Waals surface area contributed by atoms with E-state index >= 15 is 0 Å². The second-order valence-corrected chi connectivity index (χ2v) is 40.0. The number of rotatable bonds is 22. The molecule has 0 N–H and O–H groups in total. The van der Waals surface area contributed by atoms with Crippen LogP contribution in [0.3, 0.4) is 0 Å². The molecule has 0 fully saturated rings. The van der Waals surface area contributed by atoms with E-state index in [1.54, 1.807) is 32.5 Å². The van der Waals surface area contributed by atoms with Crippen LogP contribution in [0.2, 0.25) is 26.6 Å². The summed E-state index contributed by atoms with van der Waals surface area (Å²) in [5, 5.41) is 0. The molecular weight excluding hydrogens is 606 g/mol. The Morgan fingerprint density at radius 2 is 0.645 bits per heavy atom. The van der Waals surface area contributed by atoms with Gasteiger partial charge in [-0.1, -0.05) is 0 Å². The second kappa shape index (κ2) is 19.7. The number of hydrogen-bond acceptors (Lipinski definition) is 1. The van der Waals surface area contributed by atoms with Crippen LogP contribution in [0.15, 0.2) is 19.0 Å². The van der Waals surface area contributed by atoms with Crippen LogP contribution in [-0.4, -0.2) is 36.8 Å². The SMILES string of the molecule is C=[C](S[C](=C)[Sn]([CH2]CCC)([CH2]CCC)[CH2]CCC)[Sn]([CH2]CCC)([CH2]CCC)[CH2]CCC. The van der Waals surface area contributed by atoms with Crippen molar-refractivity contribution in [3.8, 4) is 0 Å². The fraction of sp³-hybridized carbons (Fsp3) is 0.857. The molecule has 3 heteroatoms. The molecule has 0 bridgehead atoms. The zero-order valence-corrected chi connectivity index (χ0v) is 29.1. The number of thioether (sulfide) groups is 1. The van der Waals surface area contributed by atoms with Crippen molar-refractivity contribution in [1.82, 2.24) is 0 Å². The van der Waals surface area contributed by atoms with Crippen molar-refractivity contribution in [1.29, 1.82) is 0 Å². The molecule has 0 aromatic carbocycles. The predicted molar refractivity (Wildman–Crippen MR) is 156 cm³/mol. The first-order valence-electron chi connectivity index (χ1n) is 14.0. The Morgan fingerprint density at radius 1 is 0.452 bits per heavy atom. The van der Waals surface area contributed by atoms with Gasteiger partial charge in [0.1, 0.15) is 0 Å². The normalized spacial score (nSPS) is 12.3. The third-order valence-electron chi connectivity index (χ3n) is 7.48. The molecule has 0 aliphatic rings. The molecule has 0 radical (unpaired) electrons. The Morgan fingerprint density at radius 3 is 0.806 bits per heavy atom. The summed E-state index contributed by atoms with van der Waals surface area (Å²) in [6.45, 7) is 24.1. The molecule has 0 rings (SSSR count). The quantitative estimate of drug-likeness (QED) is 0.104. The fourth-order valence-corrected chi connectivity index (χ4v) is 44.9. The molecule has 0 nitrogen and oxygen atoms in total. The van der Waals surface area contributed by atoms with Gasteiger partial charge in [-0.2, -0.15) is 0 Å². The topological polar surface area (TPSA) is 0 Å². The van der Waals surface area contributed by atoms with Gasteiger partial charge in [0.2, 0.25) is 0 Å². The van der Waals surface area contributed by atoms with Crippen LogP contribution in [0.25, 0.3) is 0 Å². The van der Waals surface area contributed by atoms with E-state index in [0.717, 1.165) is 0 Å². The van der Waals surface area contributed by atoms with Crippen molar-refractivity contribution < 1.29 is 0 Å². The van der Waals surface area contributed by atoms with Gasteiger partial charge in [-0.25, -0.2) is 0 Å². The summed E-state index contributed by atoms with van der Waals surface area (Å²) in [5.41, 5.74) is 0. The summed E-state index contributed by atoms with van der Waals surface area (Å²) in [6.07, 6.45) is 16.7. The number of hydrogen-bond donors (Lipinski definition) is 0. The van der Waals surface area contributed by atoms with Gasteiger partial charge >= 0.3 is 213 Å². The maximum atomic E-state index is 4.91. The molecule has 0 spiro atoms. The Labute approximate surface area is 211 Å². The van der Waals surface area contributed by atoms with Crippen molar-refractivity contribution in [3.63, 3.8) is 0 Å². The van der Waals surface area contributed by atoms with E-state index in [2.05, 4.69) is 53.3 Å². The molecule has 0 saturated heterocycles. The van der Waals surface area contributed by atoms with E-state index < -0.39 is 36.8 Å². The first-order chi connectivity index (χ1) is 14.9. The molecule has 0 aromatic rings. The van der Waals surface area contributed by atoms with Crippen LogP contribution < -0.4 is 0 Å². The maximum absolute atomic E-state index is 4.91. The Balaban J connectivity index is 5.80. The summed E-state index contributed by atoms with van der Waals surface area (Å²) < 4.78 is 12.7. The third-order valence-corrected chi connectivity index (χ3v) is 44.7. The van der Waals surface area contributed by atoms with Crippen LogP contribution in [0, 0.1) is 0 Å². The molecule has 0 aromatic heterocycles. The average molecular weight is 664 g/mol. The van der Waals surface area contributed by atoms with Crippen LogP contribution in [0.5, 0.6) is 0 Å². The minimum absolute atomic E-state index is 1.35. The molecule has 0 amide bonds. The second-order valence-electron chi connectivity index (χ2n) is 10.1. The standard InChI is InChI=1S/C4H4S.6C4H9.2Sn/c1-3-5-4-2;6*1-3-4-2;;/h1-2H2;6*1,3-4H2,2H3;;. The van der Waals surface area contributed by atoms with Gasteiger partial charge in [0.15, 0.2) is 0 Å². The molecule has 0 unspecified atom stereocenters. The first-order valence-corrected chi connectivity index (χ1v) is 29.8. The average Bonchev–Trinajstić information content (AvgIpc) is 2.78. The van der Waals surface area contributed by atoms with Crippen molar-refractivity contribution >= 4 is 48.5 Å². The van der Waals surface area contributed by atoms with E-state index in [1.165, 1.54) is 77.0 Å². The monoisotopic (exact) mass is 666 g/mol. The van der Waals surface area contributed by atoms with Crippen LogP contribution in [0.4, 0.5) is 0 Å². The van der Waals surface area contributed by atoms with Crippen LogP contribution >= 0.6 is 11.8 Å². The number of unbranched alkanes of at least 4 members (excludes halogenated alkanes) is 6. The zero-order valence-electron chi connectivity index (χ0n) is 22.6. The van der Waals surface area contributed by atoms with Gasteiger partial charge in [0.05, 0.1) is 0 Å². The molecular formula is C28H58SSn2. The first kappa shape index (κ1) is 32.4. The fourth-order valence-electron chi connectivity index (χ4n) is 5.04. The van der Waals surface area contributed by atoms with E-state index in [9.17, 15) is 0 Å². The van der Waals surface area contributed by atoms with Crippen LogP contribution in [-0.2, 0) is 0 Å². The summed E-state index contributed by atoms with van der Waals surface area (Å²) in [4.78, 5) is 0. The molecule has 31 heavy (non-hydrogen) atoms. The third kappa shape index (κ3) is 12.1. The summed E-state index contributed by atoms with van der Waals surface area (Å²) >= 11 is -2.54. The predicted octanol–water partition coefficient (Wildman–Crippen LogP) is 11.5. The van der Waals surface area contributed by atoms with Gasteiger partial charge in [-0.3, -0.25) is 0 Å². The van der Waals surface area contributed by atoms with Crippen molar-refractivity contribution in [3.05, 3.63) is 19.0 Å².